The van der Waals surface area contributed by atoms with Gasteiger partial charge in [0.25, 0.3) is 0 Å². The van der Waals surface area contributed by atoms with Gasteiger partial charge >= 0.3 is 0 Å². The highest BCUT2D eigenvalue weighted by Crippen LogP contribution is 2.38. The lowest BCUT2D eigenvalue weighted by atomic mass is 9.84. The smallest absolute Gasteiger partial charge is 0.161 e. The van der Waals surface area contributed by atoms with Crippen LogP contribution in [0.25, 0.3) is 22.4 Å². The van der Waals surface area contributed by atoms with Crippen LogP contribution in [0.4, 0.5) is 5.69 Å². The van der Waals surface area contributed by atoms with E-state index in [1.165, 1.54) is 0 Å². The normalized spacial score (nSPS) is 21.2. The molecule has 1 saturated carbocycles. The van der Waals surface area contributed by atoms with E-state index in [1.807, 2.05) is 24.3 Å². The maximum atomic E-state index is 9.79. The summed E-state index contributed by atoms with van der Waals surface area (Å²) in [5, 5.41) is 11.3. The molecule has 0 amide bonds. The minimum atomic E-state index is -0.199. The molecule has 5 nitrogen and oxygen atoms in total. The molecule has 0 bridgehead atoms. The molecule has 4 N–H and O–H groups in total. The van der Waals surface area contributed by atoms with Gasteiger partial charge in [-0.3, -0.25) is 0 Å². The number of hydrogen-bond donors (Lipinski definition) is 3. The number of nitrogen functional groups attached to an aromatic ring is 1. The molecular weight excluding hydrogens is 324 g/mol. The first-order valence-corrected chi connectivity index (χ1v) is 8.58. The molecule has 124 valence electrons. The van der Waals surface area contributed by atoms with Gasteiger partial charge in [-0.25, -0.2) is 9.97 Å². The molecule has 24 heavy (non-hydrogen) atoms. The standard InChI is InChI=1S/C18H19ClN4O/c19-12-3-1-2-11(8-12)17-22-16(10-4-6-13(24)7-5-10)15-14(20)9-21-18(15)23-17/h1-3,8-10,13,24H,4-7,20H2,(H,21,22,23)/t10-,13-. The van der Waals surface area contributed by atoms with Gasteiger partial charge in [0.15, 0.2) is 5.82 Å². The molecular formula is C18H19ClN4O. The Morgan fingerprint density at radius 1 is 1.17 bits per heavy atom. The zero-order valence-electron chi connectivity index (χ0n) is 13.2. The van der Waals surface area contributed by atoms with Gasteiger partial charge in [-0.15, -0.1) is 0 Å². The number of aliphatic hydroxyl groups excluding tert-OH is 1. The highest BCUT2D eigenvalue weighted by Gasteiger charge is 2.26. The van der Waals surface area contributed by atoms with E-state index in [0.717, 1.165) is 48.0 Å². The van der Waals surface area contributed by atoms with Crippen LogP contribution in [0, 0.1) is 0 Å². The lowest BCUT2D eigenvalue weighted by Gasteiger charge is -2.25. The van der Waals surface area contributed by atoms with E-state index in [4.69, 9.17) is 22.3 Å². The molecule has 0 saturated heterocycles. The third-order valence-electron chi connectivity index (χ3n) is 4.76. The molecule has 3 aromatic rings. The maximum Gasteiger partial charge on any atom is 0.161 e. The number of aromatic nitrogens is 3. The van der Waals surface area contributed by atoms with E-state index >= 15 is 0 Å². The number of aromatic amines is 1. The number of halogens is 1. The minimum absolute atomic E-state index is 0.199. The molecule has 0 unspecified atom stereocenters. The molecule has 2 heterocycles. The molecule has 0 atom stereocenters. The number of hydrogen-bond acceptors (Lipinski definition) is 4. The van der Waals surface area contributed by atoms with E-state index < -0.39 is 0 Å². The van der Waals surface area contributed by atoms with Gasteiger partial charge in [0, 0.05) is 22.7 Å². The summed E-state index contributed by atoms with van der Waals surface area (Å²) in [6, 6.07) is 7.54. The number of fused-ring (bicyclic) bond motifs is 1. The predicted molar refractivity (Wildman–Crippen MR) is 96.0 cm³/mol. The number of H-pyrrole nitrogens is 1. The average molecular weight is 343 g/mol. The summed E-state index contributed by atoms with van der Waals surface area (Å²) in [4.78, 5) is 12.6. The molecule has 0 aliphatic heterocycles. The van der Waals surface area contributed by atoms with Crippen molar-refractivity contribution >= 4 is 28.3 Å². The first-order valence-electron chi connectivity index (χ1n) is 8.20. The van der Waals surface area contributed by atoms with Crippen LogP contribution in [-0.4, -0.2) is 26.2 Å². The highest BCUT2D eigenvalue weighted by molar-refractivity contribution is 6.30. The van der Waals surface area contributed by atoms with Crippen LogP contribution >= 0.6 is 11.6 Å². The van der Waals surface area contributed by atoms with Crippen LogP contribution in [0.1, 0.15) is 37.3 Å². The molecule has 4 rings (SSSR count). The number of benzene rings is 1. The average Bonchev–Trinajstić information content (AvgIpc) is 2.96. The molecule has 1 aliphatic rings. The van der Waals surface area contributed by atoms with Crippen molar-refractivity contribution in [3.63, 3.8) is 0 Å². The predicted octanol–water partition coefficient (Wildman–Crippen LogP) is 3.88. The van der Waals surface area contributed by atoms with Gasteiger partial charge in [0.2, 0.25) is 0 Å². The van der Waals surface area contributed by atoms with Crippen molar-refractivity contribution in [2.45, 2.75) is 37.7 Å². The van der Waals surface area contributed by atoms with Gasteiger partial charge in [0.1, 0.15) is 5.65 Å². The van der Waals surface area contributed by atoms with Crippen LogP contribution < -0.4 is 5.73 Å². The lowest BCUT2D eigenvalue weighted by molar-refractivity contribution is 0.122. The Hall–Kier alpha value is -2.11. The van der Waals surface area contributed by atoms with Crippen LogP contribution in [0.5, 0.6) is 0 Å². The SMILES string of the molecule is Nc1c[nH]c2nc(-c3cccc(Cl)c3)nc([C@H]3CC[C@H](O)CC3)c12. The summed E-state index contributed by atoms with van der Waals surface area (Å²) in [6.45, 7) is 0. The number of rotatable bonds is 2. The molecule has 2 aromatic heterocycles. The monoisotopic (exact) mass is 342 g/mol. The minimum Gasteiger partial charge on any atom is -0.397 e. The van der Waals surface area contributed by atoms with Crippen molar-refractivity contribution in [1.29, 1.82) is 0 Å². The number of nitrogens with two attached hydrogens (primary N) is 1. The van der Waals surface area contributed by atoms with E-state index in [1.54, 1.807) is 6.20 Å². The first kappa shape index (κ1) is 15.4. The number of nitrogens with zero attached hydrogens (tertiary/aromatic N) is 2. The van der Waals surface area contributed by atoms with Crippen LogP contribution in [0.2, 0.25) is 5.02 Å². The molecule has 6 heteroatoms. The summed E-state index contributed by atoms with van der Waals surface area (Å²) in [5.74, 6) is 0.933. The molecule has 1 aliphatic carbocycles. The Bertz CT molecular complexity index is 884. The fourth-order valence-corrected chi connectivity index (χ4v) is 3.68. The Balaban J connectivity index is 1.86. The number of aliphatic hydroxyl groups is 1. The third-order valence-corrected chi connectivity index (χ3v) is 4.99. The van der Waals surface area contributed by atoms with Crippen molar-refractivity contribution in [1.82, 2.24) is 15.0 Å². The number of anilines is 1. The van der Waals surface area contributed by atoms with Crippen LogP contribution in [-0.2, 0) is 0 Å². The van der Waals surface area contributed by atoms with Crippen LogP contribution in [0.3, 0.4) is 0 Å². The summed E-state index contributed by atoms with van der Waals surface area (Å²) in [7, 11) is 0. The zero-order valence-corrected chi connectivity index (χ0v) is 13.9. The van der Waals surface area contributed by atoms with Gasteiger partial charge < -0.3 is 15.8 Å². The number of nitrogens with one attached hydrogen (secondary N) is 1. The van der Waals surface area contributed by atoms with E-state index in [9.17, 15) is 5.11 Å². The summed E-state index contributed by atoms with van der Waals surface area (Å²) in [5.41, 5.74) is 9.42. The van der Waals surface area contributed by atoms with Gasteiger partial charge in [-0.2, -0.15) is 0 Å². The van der Waals surface area contributed by atoms with Crippen LogP contribution in [0.15, 0.2) is 30.5 Å². The largest absolute Gasteiger partial charge is 0.397 e. The maximum absolute atomic E-state index is 9.79. The fraction of sp³-hybridized carbons (Fsp3) is 0.333. The first-order chi connectivity index (χ1) is 11.6. The van der Waals surface area contributed by atoms with Crippen molar-refractivity contribution < 1.29 is 5.11 Å². The van der Waals surface area contributed by atoms with Crippen molar-refractivity contribution in [3.8, 4) is 11.4 Å². The van der Waals surface area contributed by atoms with Crippen molar-refractivity contribution in [2.75, 3.05) is 5.73 Å². The van der Waals surface area contributed by atoms with E-state index in [2.05, 4.69) is 9.97 Å². The second-order valence-electron chi connectivity index (χ2n) is 6.42. The van der Waals surface area contributed by atoms with E-state index in [0.29, 0.717) is 16.5 Å². The van der Waals surface area contributed by atoms with Crippen molar-refractivity contribution in [3.05, 3.63) is 41.2 Å². The second-order valence-corrected chi connectivity index (χ2v) is 6.85. The summed E-state index contributed by atoms with van der Waals surface area (Å²) < 4.78 is 0. The third kappa shape index (κ3) is 2.74. The molecule has 1 aromatic carbocycles. The fourth-order valence-electron chi connectivity index (χ4n) is 3.49. The quantitative estimate of drug-likeness (QED) is 0.659. The van der Waals surface area contributed by atoms with Gasteiger partial charge in [0.05, 0.1) is 22.9 Å². The Morgan fingerprint density at radius 3 is 2.71 bits per heavy atom. The molecule has 0 radical (unpaired) electrons. The zero-order chi connectivity index (χ0) is 16.7. The topological polar surface area (TPSA) is 87.8 Å². The Morgan fingerprint density at radius 2 is 1.96 bits per heavy atom. The lowest BCUT2D eigenvalue weighted by Crippen LogP contribution is -2.18. The Kier molecular flexibility index (Phi) is 3.90. The summed E-state index contributed by atoms with van der Waals surface area (Å²) >= 11 is 6.11. The molecule has 0 spiro atoms. The second kappa shape index (κ2) is 6.07. The van der Waals surface area contributed by atoms with E-state index in [-0.39, 0.29) is 12.0 Å². The Labute approximate surface area is 144 Å². The van der Waals surface area contributed by atoms with Crippen molar-refractivity contribution in [2.24, 2.45) is 0 Å². The van der Waals surface area contributed by atoms with Gasteiger partial charge in [-0.05, 0) is 37.8 Å². The summed E-state index contributed by atoms with van der Waals surface area (Å²) in [6.07, 6.45) is 4.98. The highest BCUT2D eigenvalue weighted by atomic mass is 35.5. The van der Waals surface area contributed by atoms with Gasteiger partial charge in [-0.1, -0.05) is 23.7 Å². The molecule has 1 fully saturated rings.